The van der Waals surface area contributed by atoms with Gasteiger partial charge in [0.1, 0.15) is 67.9 Å². The Bertz CT molecular complexity index is 132. The van der Waals surface area contributed by atoms with Crippen LogP contribution in [0.3, 0.4) is 0 Å². The molecule has 0 aromatic heterocycles. The first-order valence-electron chi connectivity index (χ1n) is 3.42. The van der Waals surface area contributed by atoms with Gasteiger partial charge in [-0.15, -0.1) is 0 Å². The van der Waals surface area contributed by atoms with Crippen LogP contribution in [-0.2, 0) is 59.3 Å². The zero-order valence-corrected chi connectivity index (χ0v) is 17.3. The number of hydrogen-bond acceptors (Lipinski definition) is 11. The second-order valence-electron chi connectivity index (χ2n) is 0.231. The topological polar surface area (TPSA) is 262 Å². The number of carbonyl (C=O) groups excluding carboxylic acids is 10. The van der Waals surface area contributed by atoms with E-state index in [0.29, 0.717) is 0 Å². The van der Waals surface area contributed by atoms with Crippen LogP contribution in [0.25, 0.3) is 6.15 Å². The van der Waals surface area contributed by atoms with Crippen LogP contribution in [0, 0.1) is 0 Å². The molecule has 0 spiro atoms. The van der Waals surface area contributed by atoms with Crippen LogP contribution >= 0.6 is 0 Å². The van der Waals surface area contributed by atoms with Gasteiger partial charge in [-0.3, -0.25) is 9.11 Å². The minimum atomic E-state index is -2.61. The molecule has 0 heterocycles. The summed E-state index contributed by atoms with van der Waals surface area (Å²) in [5, 5.41) is 0. The van der Waals surface area contributed by atoms with E-state index in [4.69, 9.17) is 61.3 Å². The molecule has 0 aromatic carbocycles. The Labute approximate surface area is 204 Å². The average Bonchev–Trinajstić information content (AvgIpc) is 2.76. The van der Waals surface area contributed by atoms with Crippen molar-refractivity contribution < 1.29 is 90.8 Å². The van der Waals surface area contributed by atoms with Crippen LogP contribution in [0.1, 0.15) is 0 Å². The van der Waals surface area contributed by atoms with E-state index in [1.54, 1.807) is 0 Å². The molecule has 4 N–H and O–H groups in total. The van der Waals surface area contributed by atoms with E-state index in [1.165, 1.54) is 0 Å². The number of hydrogen-bond donors (Lipinski definition) is 2. The SMILES string of the molecule is C=O.C=O.C=O.C=O.C=O.C=O.C=O.C=O.C=O.C=O.O=S(O)O.[NH2-].[Na+].[NaH]. The van der Waals surface area contributed by atoms with Crippen molar-refractivity contribution in [1.29, 1.82) is 0 Å². The third-order valence-corrected chi connectivity index (χ3v) is 0. The van der Waals surface area contributed by atoms with E-state index >= 15 is 0 Å². The third-order valence-electron chi connectivity index (χ3n) is 0. The summed E-state index contributed by atoms with van der Waals surface area (Å²) in [5.41, 5.74) is 0. The molecular formula is C10H25NNa2O13S. The molecule has 0 radical (unpaired) electrons. The molecule has 0 rings (SSSR count). The van der Waals surface area contributed by atoms with E-state index in [9.17, 15) is 0 Å². The van der Waals surface area contributed by atoms with Gasteiger partial charge in [0.15, 0.2) is 0 Å². The summed E-state index contributed by atoms with van der Waals surface area (Å²) in [7, 11) is 0. The predicted molar refractivity (Wildman–Crippen MR) is 97.0 cm³/mol. The van der Waals surface area contributed by atoms with Gasteiger partial charge in [-0.05, 0) is 0 Å². The van der Waals surface area contributed by atoms with Crippen LogP contribution < -0.4 is 29.6 Å². The first kappa shape index (κ1) is 114. The molecule has 14 nitrogen and oxygen atoms in total. The zero-order chi connectivity index (χ0) is 23.6. The van der Waals surface area contributed by atoms with Gasteiger partial charge < -0.3 is 54.1 Å². The van der Waals surface area contributed by atoms with E-state index in [0.717, 1.165) is 0 Å². The molecule has 0 aliphatic carbocycles. The van der Waals surface area contributed by atoms with Gasteiger partial charge in [-0.1, -0.05) is 0 Å². The third kappa shape index (κ3) is 7920. The van der Waals surface area contributed by atoms with E-state index in [2.05, 4.69) is 0 Å². The second-order valence-corrected chi connectivity index (χ2v) is 0.692. The number of carbonyl (C=O) groups is 10. The molecule has 0 atom stereocenters. The molecular weight excluding hydrogens is 420 g/mol. The van der Waals surface area contributed by atoms with Gasteiger partial charge in [0, 0.05) is 0 Å². The monoisotopic (exact) mass is 445 g/mol. The van der Waals surface area contributed by atoms with E-state index in [1.807, 2.05) is 67.9 Å². The Morgan fingerprint density at radius 2 is 0.407 bits per heavy atom. The summed E-state index contributed by atoms with van der Waals surface area (Å²) < 4.78 is 22.8. The van der Waals surface area contributed by atoms with Gasteiger partial charge >= 0.3 is 59.1 Å². The quantitative estimate of drug-likeness (QED) is 0.261. The Hall–Kier alpha value is -1.27. The van der Waals surface area contributed by atoms with Crippen LogP contribution in [0.2, 0.25) is 0 Å². The van der Waals surface area contributed by atoms with Crippen molar-refractivity contribution >= 4 is 109 Å². The fourth-order valence-electron chi connectivity index (χ4n) is 0. The maximum atomic E-state index is 8.67. The Morgan fingerprint density at radius 3 is 0.407 bits per heavy atom. The van der Waals surface area contributed by atoms with Crippen LogP contribution in [0.5, 0.6) is 0 Å². The molecule has 27 heavy (non-hydrogen) atoms. The fourth-order valence-corrected chi connectivity index (χ4v) is 0. The standard InChI is InChI=1S/10CH2O.H2N.2Na.H2O3S.H/c10*1-2;;;;1-4(2)3;/h10*1H2;1H2;;;(H2,1,2,3);/q;;;;;;;;;;-1;;+1;;. The predicted octanol–water partition coefficient (Wildman–Crippen LogP) is -5.10. The van der Waals surface area contributed by atoms with Crippen molar-refractivity contribution in [3.63, 3.8) is 0 Å². The molecule has 0 fully saturated rings. The summed E-state index contributed by atoms with van der Waals surface area (Å²) in [4.78, 5) is 80.0. The first-order chi connectivity index (χ1) is 11.7. The normalized spacial score (nSPS) is 2.78. The molecule has 0 bridgehead atoms. The fraction of sp³-hybridized carbons (Fsp3) is 0. The molecule has 0 saturated carbocycles. The Kier molecular flexibility index (Phi) is 19700. The van der Waals surface area contributed by atoms with Crippen molar-refractivity contribution in [3.05, 3.63) is 6.15 Å². The summed E-state index contributed by atoms with van der Waals surface area (Å²) in [5.74, 6) is 0. The summed E-state index contributed by atoms with van der Waals surface area (Å²) in [6.45, 7) is 20.0. The Balaban J connectivity index is -0.00000000575. The number of nitrogens with two attached hydrogens (primary N) is 1. The average molecular weight is 445 g/mol. The van der Waals surface area contributed by atoms with Gasteiger partial charge in [-0.2, -0.15) is 4.21 Å². The van der Waals surface area contributed by atoms with Gasteiger partial charge in [0.05, 0.1) is 0 Å². The van der Waals surface area contributed by atoms with E-state index < -0.39 is 11.4 Å². The van der Waals surface area contributed by atoms with Crippen molar-refractivity contribution in [2.24, 2.45) is 0 Å². The molecule has 156 valence electrons. The summed E-state index contributed by atoms with van der Waals surface area (Å²) >= 11 is -2.61. The van der Waals surface area contributed by atoms with E-state index in [-0.39, 0.29) is 65.3 Å². The van der Waals surface area contributed by atoms with Gasteiger partial charge in [0.25, 0.3) is 11.4 Å². The molecule has 0 aliphatic rings. The molecule has 0 amide bonds. The Morgan fingerprint density at radius 1 is 0.407 bits per heavy atom. The van der Waals surface area contributed by atoms with Crippen LogP contribution in [-0.4, -0.2) is 111 Å². The molecule has 0 aromatic rings. The summed E-state index contributed by atoms with van der Waals surface area (Å²) in [6, 6.07) is 0. The van der Waals surface area contributed by atoms with Gasteiger partial charge in [0.2, 0.25) is 0 Å². The molecule has 0 saturated heterocycles. The van der Waals surface area contributed by atoms with Gasteiger partial charge in [-0.25, -0.2) is 0 Å². The first-order valence-corrected chi connectivity index (χ1v) is 4.48. The zero-order valence-electron chi connectivity index (χ0n) is 14.4. The van der Waals surface area contributed by atoms with Crippen LogP contribution in [0.15, 0.2) is 0 Å². The van der Waals surface area contributed by atoms with Crippen molar-refractivity contribution in [2.45, 2.75) is 0 Å². The second kappa shape index (κ2) is 4650. The molecule has 0 unspecified atom stereocenters. The van der Waals surface area contributed by atoms with Crippen molar-refractivity contribution in [2.75, 3.05) is 0 Å². The van der Waals surface area contributed by atoms with Crippen molar-refractivity contribution in [1.82, 2.24) is 0 Å². The molecule has 0 aliphatic heterocycles. The van der Waals surface area contributed by atoms with Crippen molar-refractivity contribution in [3.8, 4) is 0 Å². The maximum absolute atomic E-state index is 8.67. The number of rotatable bonds is 0. The molecule has 17 heteroatoms. The minimum absolute atomic E-state index is 0. The summed E-state index contributed by atoms with van der Waals surface area (Å²) in [6.07, 6.45) is 0. The van der Waals surface area contributed by atoms with Crippen LogP contribution in [0.4, 0.5) is 0 Å².